The van der Waals surface area contributed by atoms with Gasteiger partial charge in [-0.05, 0) is 42.5 Å². The van der Waals surface area contributed by atoms with E-state index in [2.05, 4.69) is 28.1 Å². The van der Waals surface area contributed by atoms with Gasteiger partial charge in [0.15, 0.2) is 5.11 Å². The zero-order valence-electron chi connectivity index (χ0n) is 11.9. The lowest BCUT2D eigenvalue weighted by Gasteiger charge is -2.09. The van der Waals surface area contributed by atoms with Crippen LogP contribution in [0.3, 0.4) is 0 Å². The van der Waals surface area contributed by atoms with Gasteiger partial charge in [-0.15, -0.1) is 0 Å². The van der Waals surface area contributed by atoms with Crippen LogP contribution in [0.2, 0.25) is 0 Å². The summed E-state index contributed by atoms with van der Waals surface area (Å²) in [5.41, 5.74) is 4.11. The number of rotatable bonds is 2. The van der Waals surface area contributed by atoms with Gasteiger partial charge in [0.2, 0.25) is 0 Å². The topological polar surface area (TPSA) is 92.7 Å². The van der Waals surface area contributed by atoms with Gasteiger partial charge in [0.1, 0.15) is 22.1 Å². The van der Waals surface area contributed by atoms with Crippen LogP contribution in [0.15, 0.2) is 36.4 Å². The molecule has 0 saturated carbocycles. The first kappa shape index (κ1) is 15.0. The molecule has 118 valence electrons. The summed E-state index contributed by atoms with van der Waals surface area (Å²) in [6.07, 6.45) is 0. The van der Waals surface area contributed by atoms with Crippen LogP contribution in [-0.2, 0) is 0 Å². The third-order valence-corrected chi connectivity index (χ3v) is 4.58. The minimum atomic E-state index is -0.314. The Morgan fingerprint density at radius 2 is 1.75 bits per heavy atom. The molecule has 2 aromatic heterocycles. The van der Waals surface area contributed by atoms with Crippen LogP contribution < -0.4 is 10.6 Å². The lowest BCUT2D eigenvalue weighted by Crippen LogP contribution is -2.34. The van der Waals surface area contributed by atoms with Crippen molar-refractivity contribution in [3.05, 3.63) is 42.0 Å². The monoisotopic (exact) mass is 372 g/mol. The number of hydrogen-bond acceptors (Lipinski definition) is 8. The Bertz CT molecular complexity index is 1070. The zero-order valence-corrected chi connectivity index (χ0v) is 14.3. The quantitative estimate of drug-likeness (QED) is 0.523. The molecule has 24 heavy (non-hydrogen) atoms. The van der Waals surface area contributed by atoms with E-state index in [9.17, 15) is 4.79 Å². The Kier molecular flexibility index (Phi) is 3.84. The van der Waals surface area contributed by atoms with Crippen LogP contribution in [-0.4, -0.2) is 28.5 Å². The SMILES string of the molecule is O=C(NC(=S)Nc1cccc2nsnc12)c1ccc2nsnc2c1. The molecule has 0 aliphatic rings. The van der Waals surface area contributed by atoms with Crippen molar-refractivity contribution in [2.24, 2.45) is 0 Å². The van der Waals surface area contributed by atoms with Crippen LogP contribution >= 0.6 is 35.7 Å². The van der Waals surface area contributed by atoms with E-state index in [1.807, 2.05) is 18.2 Å². The maximum atomic E-state index is 12.3. The number of carbonyl (C=O) groups excluding carboxylic acids is 1. The van der Waals surface area contributed by atoms with Crippen LogP contribution in [0.5, 0.6) is 0 Å². The van der Waals surface area contributed by atoms with Crippen LogP contribution in [0, 0.1) is 0 Å². The number of aromatic nitrogens is 4. The van der Waals surface area contributed by atoms with Gasteiger partial charge in [0.05, 0.1) is 29.1 Å². The van der Waals surface area contributed by atoms with Crippen molar-refractivity contribution < 1.29 is 4.79 Å². The molecule has 4 aromatic rings. The van der Waals surface area contributed by atoms with Gasteiger partial charge in [0, 0.05) is 5.56 Å². The molecule has 0 atom stereocenters. The predicted octanol–water partition coefficient (Wildman–Crippen LogP) is 2.82. The summed E-state index contributed by atoms with van der Waals surface area (Å²) in [6.45, 7) is 0. The van der Waals surface area contributed by atoms with Crippen molar-refractivity contribution in [1.82, 2.24) is 22.8 Å². The Labute approximate surface area is 149 Å². The Balaban J connectivity index is 1.51. The van der Waals surface area contributed by atoms with E-state index < -0.39 is 0 Å². The number of hydrogen-bond donors (Lipinski definition) is 2. The van der Waals surface area contributed by atoms with Gasteiger partial charge < -0.3 is 5.32 Å². The van der Waals surface area contributed by atoms with E-state index in [0.29, 0.717) is 22.3 Å². The highest BCUT2D eigenvalue weighted by Crippen LogP contribution is 2.21. The van der Waals surface area contributed by atoms with E-state index in [1.54, 1.807) is 18.2 Å². The van der Waals surface area contributed by atoms with Gasteiger partial charge in [-0.3, -0.25) is 10.1 Å². The number of nitrogens with one attached hydrogen (secondary N) is 2. The maximum Gasteiger partial charge on any atom is 0.257 e. The Morgan fingerprint density at radius 3 is 2.67 bits per heavy atom. The van der Waals surface area contributed by atoms with Crippen molar-refractivity contribution in [3.63, 3.8) is 0 Å². The number of thiocarbonyl (C=S) groups is 1. The second kappa shape index (κ2) is 6.15. The summed E-state index contributed by atoms with van der Waals surface area (Å²) in [6, 6.07) is 10.7. The largest absolute Gasteiger partial charge is 0.331 e. The molecule has 0 aliphatic heterocycles. The summed E-state index contributed by atoms with van der Waals surface area (Å²) in [4.78, 5) is 12.3. The summed E-state index contributed by atoms with van der Waals surface area (Å²) < 4.78 is 16.6. The van der Waals surface area contributed by atoms with E-state index in [1.165, 1.54) is 0 Å². The molecule has 2 heterocycles. The fraction of sp³-hybridized carbons (Fsp3) is 0. The first-order chi connectivity index (χ1) is 11.7. The van der Waals surface area contributed by atoms with Crippen LogP contribution in [0.25, 0.3) is 22.1 Å². The molecule has 0 bridgehead atoms. The Morgan fingerprint density at radius 1 is 0.958 bits per heavy atom. The average Bonchev–Trinajstić information content (AvgIpc) is 3.23. The number of anilines is 1. The van der Waals surface area contributed by atoms with Gasteiger partial charge >= 0.3 is 0 Å². The molecule has 0 spiro atoms. The number of benzene rings is 2. The minimum Gasteiger partial charge on any atom is -0.331 e. The molecule has 1 amide bonds. The molecule has 0 saturated heterocycles. The fourth-order valence-corrected chi connectivity index (χ4v) is 3.43. The summed E-state index contributed by atoms with van der Waals surface area (Å²) in [5.74, 6) is -0.314. The predicted molar refractivity (Wildman–Crippen MR) is 98.5 cm³/mol. The first-order valence-electron chi connectivity index (χ1n) is 6.77. The number of amides is 1. The standard InChI is InChI=1S/C14H8N6OS3/c21-13(7-4-5-8-11(6-7)19-23-17-8)16-14(22)15-9-2-1-3-10-12(9)20-24-18-10/h1-6H,(H2,15,16,21,22). The van der Waals surface area contributed by atoms with Crippen molar-refractivity contribution in [1.29, 1.82) is 0 Å². The minimum absolute atomic E-state index is 0.192. The van der Waals surface area contributed by atoms with Crippen molar-refractivity contribution in [2.75, 3.05) is 5.32 Å². The van der Waals surface area contributed by atoms with Crippen LogP contribution in [0.4, 0.5) is 5.69 Å². The summed E-state index contributed by atoms with van der Waals surface area (Å²) in [7, 11) is 0. The molecule has 0 radical (unpaired) electrons. The van der Waals surface area contributed by atoms with E-state index >= 15 is 0 Å². The third kappa shape index (κ3) is 2.82. The van der Waals surface area contributed by atoms with Crippen molar-refractivity contribution >= 4 is 74.4 Å². The van der Waals surface area contributed by atoms with Gasteiger partial charge in [-0.2, -0.15) is 17.5 Å². The molecule has 2 aromatic carbocycles. The normalized spacial score (nSPS) is 10.8. The van der Waals surface area contributed by atoms with Crippen molar-refractivity contribution in [3.8, 4) is 0 Å². The molecule has 0 fully saturated rings. The van der Waals surface area contributed by atoms with Crippen LogP contribution in [0.1, 0.15) is 10.4 Å². The zero-order chi connectivity index (χ0) is 16.5. The van der Waals surface area contributed by atoms with E-state index in [4.69, 9.17) is 12.2 Å². The molecular weight excluding hydrogens is 364 g/mol. The molecule has 7 nitrogen and oxygen atoms in total. The molecule has 0 unspecified atom stereocenters. The fourth-order valence-electron chi connectivity index (χ4n) is 2.16. The lowest BCUT2D eigenvalue weighted by atomic mass is 10.2. The molecule has 2 N–H and O–H groups in total. The first-order valence-corrected chi connectivity index (χ1v) is 8.63. The summed E-state index contributed by atoms with van der Waals surface area (Å²) in [5, 5.41) is 5.82. The highest BCUT2D eigenvalue weighted by Gasteiger charge is 2.12. The number of carbonyl (C=O) groups is 1. The number of nitrogens with zero attached hydrogens (tertiary/aromatic N) is 4. The third-order valence-electron chi connectivity index (χ3n) is 3.28. The maximum absolute atomic E-state index is 12.3. The second-order valence-corrected chi connectivity index (χ2v) is 6.28. The van der Waals surface area contributed by atoms with Crippen molar-refractivity contribution in [2.45, 2.75) is 0 Å². The summed E-state index contributed by atoms with van der Waals surface area (Å²) >= 11 is 7.45. The number of fused-ring (bicyclic) bond motifs is 2. The van der Waals surface area contributed by atoms with E-state index in [0.717, 1.165) is 34.5 Å². The molecular formula is C14H8N6OS3. The molecule has 10 heteroatoms. The lowest BCUT2D eigenvalue weighted by molar-refractivity contribution is 0.0978. The average molecular weight is 372 g/mol. The van der Waals surface area contributed by atoms with E-state index in [-0.39, 0.29) is 11.0 Å². The highest BCUT2D eigenvalue weighted by atomic mass is 32.1. The highest BCUT2D eigenvalue weighted by molar-refractivity contribution is 7.80. The molecule has 0 aliphatic carbocycles. The van der Waals surface area contributed by atoms with Gasteiger partial charge in [-0.1, -0.05) is 6.07 Å². The van der Waals surface area contributed by atoms with Gasteiger partial charge in [0.25, 0.3) is 5.91 Å². The second-order valence-electron chi connectivity index (χ2n) is 4.81. The van der Waals surface area contributed by atoms with Gasteiger partial charge in [-0.25, -0.2) is 0 Å². The Hall–Kier alpha value is -2.56. The molecule has 4 rings (SSSR count). The smallest absolute Gasteiger partial charge is 0.257 e.